The van der Waals surface area contributed by atoms with E-state index in [9.17, 15) is 0 Å². The van der Waals surface area contributed by atoms with Gasteiger partial charge in [-0.25, -0.2) is 4.98 Å². The molecule has 1 heterocycles. The lowest BCUT2D eigenvalue weighted by Gasteiger charge is -2.22. The number of aromatic nitrogens is 1. The highest BCUT2D eigenvalue weighted by atomic mass is 16.5. The van der Waals surface area contributed by atoms with Crippen LogP contribution in [0.1, 0.15) is 58.2 Å². The molecule has 1 N–H and O–H groups in total. The summed E-state index contributed by atoms with van der Waals surface area (Å²) < 4.78 is 11.2. The number of hydrogen-bond acceptors (Lipinski definition) is 4. The normalized spacial score (nSPS) is 12.0. The SMILES string of the molecule is CCNCc1cc(OCCC(C)(C)OC)nc(C(C)C)c1. The van der Waals surface area contributed by atoms with Crippen molar-refractivity contribution in [3.8, 4) is 5.88 Å². The topological polar surface area (TPSA) is 43.4 Å². The molecule has 0 aliphatic rings. The van der Waals surface area contributed by atoms with Crippen molar-refractivity contribution in [3.05, 3.63) is 23.4 Å². The summed E-state index contributed by atoms with van der Waals surface area (Å²) in [5.74, 6) is 1.10. The molecule has 0 aliphatic carbocycles. The zero-order valence-corrected chi connectivity index (χ0v) is 14.3. The average Bonchev–Trinajstić information content (AvgIpc) is 2.44. The van der Waals surface area contributed by atoms with Crippen LogP contribution in [0, 0.1) is 0 Å². The third kappa shape index (κ3) is 6.44. The molecule has 0 saturated carbocycles. The average molecular weight is 294 g/mol. The monoisotopic (exact) mass is 294 g/mol. The number of nitrogens with one attached hydrogen (secondary N) is 1. The Balaban J connectivity index is 2.73. The van der Waals surface area contributed by atoms with Crippen LogP contribution in [-0.2, 0) is 11.3 Å². The molecule has 0 saturated heterocycles. The van der Waals surface area contributed by atoms with Gasteiger partial charge in [-0.3, -0.25) is 0 Å². The zero-order valence-electron chi connectivity index (χ0n) is 14.3. The summed E-state index contributed by atoms with van der Waals surface area (Å²) in [5.41, 5.74) is 2.13. The Morgan fingerprint density at radius 2 is 2.00 bits per heavy atom. The molecule has 0 spiro atoms. The summed E-state index contributed by atoms with van der Waals surface area (Å²) in [4.78, 5) is 4.60. The molecule has 4 nitrogen and oxygen atoms in total. The first-order chi connectivity index (χ1) is 9.88. The van der Waals surface area contributed by atoms with Crippen molar-refractivity contribution in [1.29, 1.82) is 0 Å². The Morgan fingerprint density at radius 3 is 2.57 bits per heavy atom. The molecule has 1 aromatic heterocycles. The van der Waals surface area contributed by atoms with Gasteiger partial charge in [0.1, 0.15) is 0 Å². The molecule has 0 bridgehead atoms. The summed E-state index contributed by atoms with van der Waals surface area (Å²) in [6, 6.07) is 4.17. The van der Waals surface area contributed by atoms with E-state index in [2.05, 4.69) is 51.0 Å². The molecule has 0 aliphatic heterocycles. The predicted octanol–water partition coefficient (Wildman–Crippen LogP) is 3.51. The van der Waals surface area contributed by atoms with E-state index in [1.807, 2.05) is 6.07 Å². The van der Waals surface area contributed by atoms with Gasteiger partial charge in [0.2, 0.25) is 5.88 Å². The highest BCUT2D eigenvalue weighted by molar-refractivity contribution is 5.26. The van der Waals surface area contributed by atoms with Gasteiger partial charge in [-0.1, -0.05) is 20.8 Å². The van der Waals surface area contributed by atoms with Crippen molar-refractivity contribution >= 4 is 0 Å². The molecular formula is C17H30N2O2. The lowest BCUT2D eigenvalue weighted by Crippen LogP contribution is -2.25. The first kappa shape index (κ1) is 17.9. The van der Waals surface area contributed by atoms with Gasteiger partial charge in [0.05, 0.1) is 12.2 Å². The fourth-order valence-corrected chi connectivity index (χ4v) is 1.83. The maximum Gasteiger partial charge on any atom is 0.213 e. The minimum atomic E-state index is -0.164. The van der Waals surface area contributed by atoms with Gasteiger partial charge in [0.25, 0.3) is 0 Å². The molecule has 0 radical (unpaired) electrons. The summed E-state index contributed by atoms with van der Waals surface area (Å²) in [5, 5.41) is 3.34. The van der Waals surface area contributed by atoms with E-state index < -0.39 is 0 Å². The van der Waals surface area contributed by atoms with Crippen LogP contribution in [0.5, 0.6) is 5.88 Å². The minimum Gasteiger partial charge on any atom is -0.478 e. The molecule has 0 aromatic carbocycles. The smallest absolute Gasteiger partial charge is 0.213 e. The zero-order chi connectivity index (χ0) is 15.9. The van der Waals surface area contributed by atoms with Gasteiger partial charge >= 0.3 is 0 Å². The Kier molecular flexibility index (Phi) is 7.12. The predicted molar refractivity (Wildman–Crippen MR) is 86.9 cm³/mol. The second kappa shape index (κ2) is 8.35. The second-order valence-electron chi connectivity index (χ2n) is 6.24. The first-order valence-corrected chi connectivity index (χ1v) is 7.77. The molecule has 0 fully saturated rings. The maximum atomic E-state index is 5.84. The van der Waals surface area contributed by atoms with Crippen LogP contribution >= 0.6 is 0 Å². The summed E-state index contributed by atoms with van der Waals surface area (Å²) in [6.07, 6.45) is 0.833. The fraction of sp³-hybridized carbons (Fsp3) is 0.706. The Labute approximate surface area is 129 Å². The van der Waals surface area contributed by atoms with E-state index in [0.717, 1.165) is 25.2 Å². The van der Waals surface area contributed by atoms with Crippen molar-refractivity contribution in [2.75, 3.05) is 20.3 Å². The number of hydrogen-bond donors (Lipinski definition) is 1. The third-order valence-corrected chi connectivity index (χ3v) is 3.56. The van der Waals surface area contributed by atoms with E-state index in [-0.39, 0.29) is 5.60 Å². The Hall–Kier alpha value is -1.13. The van der Waals surface area contributed by atoms with E-state index in [0.29, 0.717) is 18.4 Å². The number of rotatable bonds is 9. The Bertz CT molecular complexity index is 431. The number of ether oxygens (including phenoxy) is 2. The lowest BCUT2D eigenvalue weighted by molar-refractivity contribution is 0.00506. The van der Waals surface area contributed by atoms with Crippen LogP contribution in [0.15, 0.2) is 12.1 Å². The van der Waals surface area contributed by atoms with E-state index in [1.54, 1.807) is 7.11 Å². The highest BCUT2D eigenvalue weighted by Crippen LogP contribution is 2.20. The molecule has 1 rings (SSSR count). The van der Waals surface area contributed by atoms with Gasteiger partial charge in [-0.2, -0.15) is 0 Å². The van der Waals surface area contributed by atoms with Crippen LogP contribution in [0.4, 0.5) is 0 Å². The molecule has 120 valence electrons. The van der Waals surface area contributed by atoms with E-state index >= 15 is 0 Å². The first-order valence-electron chi connectivity index (χ1n) is 7.77. The van der Waals surface area contributed by atoms with E-state index in [1.165, 1.54) is 5.56 Å². The molecule has 0 atom stereocenters. The van der Waals surface area contributed by atoms with Crippen LogP contribution in [0.2, 0.25) is 0 Å². The number of nitrogens with zero attached hydrogens (tertiary/aromatic N) is 1. The van der Waals surface area contributed by atoms with Crippen molar-refractivity contribution in [2.24, 2.45) is 0 Å². The quantitative estimate of drug-likeness (QED) is 0.757. The van der Waals surface area contributed by atoms with Crippen molar-refractivity contribution in [2.45, 2.75) is 59.1 Å². The second-order valence-corrected chi connectivity index (χ2v) is 6.24. The molecule has 4 heteroatoms. The van der Waals surface area contributed by atoms with Gasteiger partial charge in [-0.15, -0.1) is 0 Å². The third-order valence-electron chi connectivity index (χ3n) is 3.56. The lowest BCUT2D eigenvalue weighted by atomic mass is 10.1. The minimum absolute atomic E-state index is 0.164. The summed E-state index contributed by atoms with van der Waals surface area (Å²) in [7, 11) is 1.73. The van der Waals surface area contributed by atoms with Gasteiger partial charge in [0.15, 0.2) is 0 Å². The fourth-order valence-electron chi connectivity index (χ4n) is 1.83. The van der Waals surface area contributed by atoms with Crippen LogP contribution < -0.4 is 10.1 Å². The molecular weight excluding hydrogens is 264 g/mol. The standard InChI is InChI=1S/C17H30N2O2/c1-7-18-12-14-10-15(13(2)3)19-16(11-14)21-9-8-17(4,5)20-6/h10-11,13,18H,7-9,12H2,1-6H3. The Morgan fingerprint density at radius 1 is 1.29 bits per heavy atom. The van der Waals surface area contributed by atoms with Crippen molar-refractivity contribution < 1.29 is 9.47 Å². The van der Waals surface area contributed by atoms with Crippen LogP contribution in [0.25, 0.3) is 0 Å². The van der Waals surface area contributed by atoms with E-state index in [4.69, 9.17) is 9.47 Å². The maximum absolute atomic E-state index is 5.84. The summed E-state index contributed by atoms with van der Waals surface area (Å²) in [6.45, 7) is 12.9. The van der Waals surface area contributed by atoms with Gasteiger partial charge < -0.3 is 14.8 Å². The summed E-state index contributed by atoms with van der Waals surface area (Å²) >= 11 is 0. The highest BCUT2D eigenvalue weighted by Gasteiger charge is 2.16. The van der Waals surface area contributed by atoms with Crippen molar-refractivity contribution in [3.63, 3.8) is 0 Å². The molecule has 0 amide bonds. The van der Waals surface area contributed by atoms with Gasteiger partial charge in [0, 0.05) is 31.8 Å². The molecule has 21 heavy (non-hydrogen) atoms. The van der Waals surface area contributed by atoms with Crippen molar-refractivity contribution in [1.82, 2.24) is 10.3 Å². The van der Waals surface area contributed by atoms with Gasteiger partial charge in [-0.05, 0) is 37.9 Å². The molecule has 0 unspecified atom stereocenters. The van der Waals surface area contributed by atoms with Crippen LogP contribution in [-0.4, -0.2) is 30.8 Å². The number of methoxy groups -OCH3 is 1. The molecule has 1 aromatic rings. The van der Waals surface area contributed by atoms with Crippen LogP contribution in [0.3, 0.4) is 0 Å². The number of pyridine rings is 1. The largest absolute Gasteiger partial charge is 0.478 e.